The Bertz CT molecular complexity index is 4130. The lowest BCUT2D eigenvalue weighted by molar-refractivity contribution is 0.672. The third-order valence-corrected chi connectivity index (χ3v) is 12.6. The summed E-state index contributed by atoms with van der Waals surface area (Å²) in [6.45, 7) is 0. The first-order valence-corrected chi connectivity index (χ1v) is 20.5. The lowest BCUT2D eigenvalue weighted by atomic mass is 9.93. The van der Waals surface area contributed by atoms with Crippen molar-refractivity contribution in [3.05, 3.63) is 193 Å². The fraction of sp³-hybridized carbons (Fsp3) is 0. The number of nitrogens with zero attached hydrogens (tertiary/aromatic N) is 4. The van der Waals surface area contributed by atoms with Gasteiger partial charge in [0.05, 0.1) is 61.8 Å². The van der Waals surface area contributed by atoms with Crippen LogP contribution in [-0.4, -0.2) is 9.13 Å². The van der Waals surface area contributed by atoms with E-state index in [1.165, 1.54) is 0 Å². The van der Waals surface area contributed by atoms with Gasteiger partial charge in [0.25, 0.3) is 0 Å². The molecule has 4 aromatic heterocycles. The van der Waals surface area contributed by atoms with Crippen LogP contribution in [0, 0.1) is 22.7 Å². The van der Waals surface area contributed by atoms with E-state index in [-0.39, 0.29) is 0 Å². The van der Waals surface area contributed by atoms with Crippen molar-refractivity contribution in [2.24, 2.45) is 0 Å². The van der Waals surface area contributed by atoms with Gasteiger partial charge < -0.3 is 18.0 Å². The molecule has 13 aromatic rings. The number of furan rings is 2. The highest BCUT2D eigenvalue weighted by Crippen LogP contribution is 2.45. The van der Waals surface area contributed by atoms with Crippen molar-refractivity contribution in [2.45, 2.75) is 0 Å². The molecule has 0 aliphatic heterocycles. The van der Waals surface area contributed by atoms with Gasteiger partial charge in [0.15, 0.2) is 0 Å². The Kier molecular flexibility index (Phi) is 7.05. The van der Waals surface area contributed by atoms with E-state index >= 15 is 0 Å². The summed E-state index contributed by atoms with van der Waals surface area (Å²) in [5.41, 5.74) is 14.1. The fourth-order valence-corrected chi connectivity index (χ4v) is 9.86. The van der Waals surface area contributed by atoms with E-state index in [9.17, 15) is 10.5 Å². The predicted molar refractivity (Wildman–Crippen MR) is 250 cm³/mol. The van der Waals surface area contributed by atoms with Gasteiger partial charge in [-0.1, -0.05) is 97.1 Å². The van der Waals surface area contributed by atoms with Crippen LogP contribution in [0.15, 0.2) is 191 Å². The first-order chi connectivity index (χ1) is 30.7. The molecular formula is C56H30N4O2. The minimum Gasteiger partial charge on any atom is -0.455 e. The molecule has 62 heavy (non-hydrogen) atoms. The highest BCUT2D eigenvalue weighted by molar-refractivity contribution is 6.25. The molecule has 4 heterocycles. The van der Waals surface area contributed by atoms with Crippen LogP contribution in [0.3, 0.4) is 0 Å². The molecule has 0 radical (unpaired) electrons. The van der Waals surface area contributed by atoms with Gasteiger partial charge in [-0.2, -0.15) is 10.5 Å². The average molecular weight is 791 g/mol. The molecule has 6 nitrogen and oxygen atoms in total. The van der Waals surface area contributed by atoms with Crippen LogP contribution in [-0.2, 0) is 0 Å². The molecular weight excluding hydrogens is 761 g/mol. The Morgan fingerprint density at radius 2 is 0.935 bits per heavy atom. The molecule has 286 valence electrons. The van der Waals surface area contributed by atoms with Gasteiger partial charge in [-0.15, -0.1) is 0 Å². The van der Waals surface area contributed by atoms with Gasteiger partial charge >= 0.3 is 0 Å². The van der Waals surface area contributed by atoms with E-state index in [1.807, 2.05) is 60.7 Å². The van der Waals surface area contributed by atoms with Crippen molar-refractivity contribution in [2.75, 3.05) is 0 Å². The van der Waals surface area contributed by atoms with Crippen molar-refractivity contribution < 1.29 is 8.83 Å². The molecule has 0 bridgehead atoms. The summed E-state index contributed by atoms with van der Waals surface area (Å²) in [5.74, 6) is 0. The SMILES string of the molecule is N#Cc1ccc(-c2ccc(C#N)c(-c3ccc(-n4c5ccccc5c5c6oc7ccccc7c6ccc54)cc3-n3c4ccccc4c4c5oc6ccccc6c5ccc43)c2)cc1. The normalized spacial score (nSPS) is 11.8. The van der Waals surface area contributed by atoms with Crippen LogP contribution < -0.4 is 0 Å². The molecule has 0 N–H and O–H groups in total. The van der Waals surface area contributed by atoms with Gasteiger partial charge in [-0.25, -0.2) is 0 Å². The number of rotatable bonds is 4. The summed E-state index contributed by atoms with van der Waals surface area (Å²) >= 11 is 0. The average Bonchev–Trinajstić information content (AvgIpc) is 4.09. The quantitative estimate of drug-likeness (QED) is 0.178. The first kappa shape index (κ1) is 34.1. The van der Waals surface area contributed by atoms with Crippen LogP contribution in [0.1, 0.15) is 11.1 Å². The Morgan fingerprint density at radius 1 is 0.387 bits per heavy atom. The second-order valence-corrected chi connectivity index (χ2v) is 15.8. The lowest BCUT2D eigenvalue weighted by Gasteiger charge is -2.19. The largest absolute Gasteiger partial charge is 0.455 e. The van der Waals surface area contributed by atoms with Crippen LogP contribution in [0.4, 0.5) is 0 Å². The van der Waals surface area contributed by atoms with Crippen molar-refractivity contribution >= 4 is 87.5 Å². The van der Waals surface area contributed by atoms with Crippen LogP contribution >= 0.6 is 0 Å². The summed E-state index contributed by atoms with van der Waals surface area (Å²) in [7, 11) is 0. The second kappa shape index (κ2) is 12.8. The molecule has 9 aromatic carbocycles. The Balaban J connectivity index is 1.15. The third-order valence-electron chi connectivity index (χ3n) is 12.6. The van der Waals surface area contributed by atoms with Crippen LogP contribution in [0.25, 0.3) is 121 Å². The highest BCUT2D eigenvalue weighted by Gasteiger charge is 2.24. The number of benzene rings is 9. The van der Waals surface area contributed by atoms with Gasteiger partial charge in [-0.05, 0) is 96.1 Å². The molecule has 0 aliphatic rings. The number of aromatic nitrogens is 2. The zero-order chi connectivity index (χ0) is 41.1. The third kappa shape index (κ3) is 4.72. The molecule has 6 heteroatoms. The number of hydrogen-bond acceptors (Lipinski definition) is 4. The maximum absolute atomic E-state index is 10.7. The van der Waals surface area contributed by atoms with E-state index in [2.05, 4.69) is 143 Å². The van der Waals surface area contributed by atoms with Crippen molar-refractivity contribution in [1.29, 1.82) is 10.5 Å². The summed E-state index contributed by atoms with van der Waals surface area (Å²) in [5, 5.41) is 28.8. The molecule has 0 spiro atoms. The monoisotopic (exact) mass is 790 g/mol. The number of nitriles is 2. The Morgan fingerprint density at radius 3 is 1.55 bits per heavy atom. The first-order valence-electron chi connectivity index (χ1n) is 20.5. The van der Waals surface area contributed by atoms with E-state index in [0.717, 1.165) is 121 Å². The molecule has 13 rings (SSSR count). The molecule has 0 saturated heterocycles. The second-order valence-electron chi connectivity index (χ2n) is 15.8. The molecule has 0 aliphatic carbocycles. The van der Waals surface area contributed by atoms with Gasteiger partial charge in [0, 0.05) is 49.1 Å². The topological polar surface area (TPSA) is 83.7 Å². The lowest BCUT2D eigenvalue weighted by Crippen LogP contribution is -2.02. The minimum absolute atomic E-state index is 0.556. The maximum atomic E-state index is 10.7. The molecule has 0 unspecified atom stereocenters. The van der Waals surface area contributed by atoms with E-state index in [4.69, 9.17) is 8.83 Å². The summed E-state index contributed by atoms with van der Waals surface area (Å²) < 4.78 is 18.0. The molecule has 0 amide bonds. The minimum atomic E-state index is 0.556. The standard InChI is InChI=1S/C56H30N4O2/c57-31-33-17-19-34(20-18-33)35-21-22-36(32-58)45(29-35)38-24-23-37(59-46-13-5-1-11-43(46)53-48(59)27-25-41-39-9-3-7-15-51(39)61-55(41)53)30-50(38)60-47-14-6-2-12-44(47)54-49(60)28-26-42-40-10-4-8-16-52(40)62-56(42)54/h1-30H. The zero-order valence-electron chi connectivity index (χ0n) is 32.9. The maximum Gasteiger partial charge on any atom is 0.145 e. The smallest absolute Gasteiger partial charge is 0.145 e. The Hall–Kier alpha value is -8.84. The zero-order valence-corrected chi connectivity index (χ0v) is 32.9. The molecule has 0 atom stereocenters. The summed E-state index contributed by atoms with van der Waals surface area (Å²) in [6.07, 6.45) is 0. The van der Waals surface area contributed by atoms with Crippen LogP contribution in [0.2, 0.25) is 0 Å². The van der Waals surface area contributed by atoms with Gasteiger partial charge in [-0.3, -0.25) is 0 Å². The van der Waals surface area contributed by atoms with E-state index in [1.54, 1.807) is 0 Å². The number of fused-ring (bicyclic) bond motifs is 14. The molecule has 0 saturated carbocycles. The Labute approximate surface area is 353 Å². The molecule has 0 fully saturated rings. The van der Waals surface area contributed by atoms with Crippen molar-refractivity contribution in [3.63, 3.8) is 0 Å². The van der Waals surface area contributed by atoms with Crippen LogP contribution in [0.5, 0.6) is 0 Å². The number of para-hydroxylation sites is 4. The highest BCUT2D eigenvalue weighted by atomic mass is 16.3. The number of hydrogen-bond donors (Lipinski definition) is 0. The van der Waals surface area contributed by atoms with Crippen molar-refractivity contribution in [3.8, 4) is 45.8 Å². The predicted octanol–water partition coefficient (Wildman–Crippen LogP) is 14.8. The van der Waals surface area contributed by atoms with Gasteiger partial charge in [0.2, 0.25) is 0 Å². The van der Waals surface area contributed by atoms with E-state index < -0.39 is 0 Å². The van der Waals surface area contributed by atoms with Gasteiger partial charge in [0.1, 0.15) is 22.3 Å². The van der Waals surface area contributed by atoms with E-state index in [0.29, 0.717) is 11.1 Å². The summed E-state index contributed by atoms with van der Waals surface area (Å²) in [4.78, 5) is 0. The fourth-order valence-electron chi connectivity index (χ4n) is 9.86. The van der Waals surface area contributed by atoms with Crippen molar-refractivity contribution in [1.82, 2.24) is 9.13 Å². The summed E-state index contributed by atoms with van der Waals surface area (Å²) in [6, 6.07) is 67.0.